The molecular formula is C15H17NOS. The van der Waals surface area contributed by atoms with Gasteiger partial charge in [0.1, 0.15) is 10.6 Å². The van der Waals surface area contributed by atoms with Crippen molar-refractivity contribution in [1.29, 1.82) is 0 Å². The van der Waals surface area contributed by atoms with Gasteiger partial charge < -0.3 is 4.74 Å². The molecule has 1 atom stereocenters. The minimum absolute atomic E-state index is 0.141. The van der Waals surface area contributed by atoms with Crippen molar-refractivity contribution in [2.75, 3.05) is 6.61 Å². The van der Waals surface area contributed by atoms with Gasteiger partial charge in [0.25, 0.3) is 0 Å². The van der Waals surface area contributed by atoms with Gasteiger partial charge in [-0.25, -0.2) is 4.98 Å². The second kappa shape index (κ2) is 4.48. The molecule has 0 amide bonds. The van der Waals surface area contributed by atoms with Gasteiger partial charge in [0, 0.05) is 12.0 Å². The first-order valence-electron chi connectivity index (χ1n) is 6.42. The van der Waals surface area contributed by atoms with Crippen LogP contribution in [0.5, 0.6) is 0 Å². The molecule has 0 saturated heterocycles. The van der Waals surface area contributed by atoms with Crippen LogP contribution in [0.15, 0.2) is 30.3 Å². The fourth-order valence-corrected chi connectivity index (χ4v) is 3.63. The Bertz CT molecular complexity index is 549. The van der Waals surface area contributed by atoms with Gasteiger partial charge in [-0.05, 0) is 13.3 Å². The molecule has 2 nitrogen and oxygen atoms in total. The predicted octanol–water partition coefficient (Wildman–Crippen LogP) is 4.01. The fraction of sp³-hybridized carbons (Fsp3) is 0.400. The second-order valence-electron chi connectivity index (χ2n) is 4.84. The molecule has 1 aromatic heterocycles. The maximum absolute atomic E-state index is 5.96. The minimum atomic E-state index is -0.141. The summed E-state index contributed by atoms with van der Waals surface area (Å²) in [6.07, 6.45) is 1.94. The van der Waals surface area contributed by atoms with E-state index in [1.807, 2.05) is 6.07 Å². The maximum atomic E-state index is 5.96. The summed E-state index contributed by atoms with van der Waals surface area (Å²) >= 11 is 1.78. The van der Waals surface area contributed by atoms with Crippen molar-refractivity contribution in [3.05, 3.63) is 40.9 Å². The molecule has 18 heavy (non-hydrogen) atoms. The van der Waals surface area contributed by atoms with Crippen LogP contribution < -0.4 is 0 Å². The highest BCUT2D eigenvalue weighted by Crippen LogP contribution is 2.41. The fourth-order valence-electron chi connectivity index (χ4n) is 2.34. The van der Waals surface area contributed by atoms with Gasteiger partial charge in [0.15, 0.2) is 0 Å². The average Bonchev–Trinajstić information content (AvgIpc) is 2.86. The van der Waals surface area contributed by atoms with Gasteiger partial charge in [-0.2, -0.15) is 0 Å². The molecule has 1 aromatic carbocycles. The van der Waals surface area contributed by atoms with Gasteiger partial charge in [0.05, 0.1) is 17.2 Å². The summed E-state index contributed by atoms with van der Waals surface area (Å²) in [6, 6.07) is 10.4. The lowest BCUT2D eigenvalue weighted by molar-refractivity contribution is -0.0464. The van der Waals surface area contributed by atoms with E-state index in [1.165, 1.54) is 16.1 Å². The molecule has 2 aromatic rings. The first-order valence-corrected chi connectivity index (χ1v) is 7.24. The maximum Gasteiger partial charge on any atom is 0.123 e. The molecule has 2 heterocycles. The van der Waals surface area contributed by atoms with E-state index in [-0.39, 0.29) is 5.60 Å². The van der Waals surface area contributed by atoms with Crippen molar-refractivity contribution in [1.82, 2.24) is 4.98 Å². The van der Waals surface area contributed by atoms with E-state index in [0.717, 1.165) is 24.5 Å². The molecule has 1 aliphatic heterocycles. The Kier molecular flexibility index (Phi) is 2.96. The zero-order valence-electron chi connectivity index (χ0n) is 10.8. The summed E-state index contributed by atoms with van der Waals surface area (Å²) in [5.74, 6) is 0. The average molecular weight is 259 g/mol. The minimum Gasteiger partial charge on any atom is -0.369 e. The number of fused-ring (bicyclic) bond motifs is 1. The number of hydrogen-bond acceptors (Lipinski definition) is 3. The number of benzene rings is 1. The van der Waals surface area contributed by atoms with Crippen molar-refractivity contribution < 1.29 is 4.74 Å². The normalized spacial score (nSPS) is 22.8. The molecule has 1 unspecified atom stereocenters. The monoisotopic (exact) mass is 259 g/mol. The van der Waals surface area contributed by atoms with E-state index in [9.17, 15) is 0 Å². The molecule has 0 saturated carbocycles. The lowest BCUT2D eigenvalue weighted by atomic mass is 9.96. The second-order valence-corrected chi connectivity index (χ2v) is 5.84. The van der Waals surface area contributed by atoms with Crippen molar-refractivity contribution in [3.8, 4) is 10.6 Å². The number of thiazole rings is 1. The molecular weight excluding hydrogens is 242 g/mol. The highest BCUT2D eigenvalue weighted by molar-refractivity contribution is 7.15. The Morgan fingerprint density at radius 1 is 1.33 bits per heavy atom. The molecule has 0 N–H and O–H groups in total. The lowest BCUT2D eigenvalue weighted by Crippen LogP contribution is -2.30. The van der Waals surface area contributed by atoms with E-state index in [1.54, 1.807) is 11.3 Å². The van der Waals surface area contributed by atoms with Crippen LogP contribution in [-0.4, -0.2) is 11.6 Å². The largest absolute Gasteiger partial charge is 0.369 e. The quantitative estimate of drug-likeness (QED) is 0.813. The van der Waals surface area contributed by atoms with Gasteiger partial charge in [-0.1, -0.05) is 37.3 Å². The summed E-state index contributed by atoms with van der Waals surface area (Å²) < 4.78 is 5.96. The van der Waals surface area contributed by atoms with Crippen LogP contribution in [0.2, 0.25) is 0 Å². The predicted molar refractivity (Wildman–Crippen MR) is 74.8 cm³/mol. The Hall–Kier alpha value is -1.19. The third kappa shape index (κ3) is 1.88. The van der Waals surface area contributed by atoms with Crippen LogP contribution in [0.1, 0.15) is 30.8 Å². The Morgan fingerprint density at radius 2 is 2.11 bits per heavy atom. The zero-order chi connectivity index (χ0) is 12.6. The highest BCUT2D eigenvalue weighted by atomic mass is 32.1. The Balaban J connectivity index is 2.07. The molecule has 3 heteroatoms. The van der Waals surface area contributed by atoms with Crippen molar-refractivity contribution in [2.24, 2.45) is 0 Å². The van der Waals surface area contributed by atoms with E-state index >= 15 is 0 Å². The smallest absolute Gasteiger partial charge is 0.123 e. The lowest BCUT2D eigenvalue weighted by Gasteiger charge is -2.31. The first kappa shape index (κ1) is 11.9. The van der Waals surface area contributed by atoms with Gasteiger partial charge in [-0.3, -0.25) is 0 Å². The third-order valence-corrected chi connectivity index (χ3v) is 5.02. The number of nitrogens with zero attached hydrogens (tertiary/aromatic N) is 1. The van der Waals surface area contributed by atoms with Crippen molar-refractivity contribution in [3.63, 3.8) is 0 Å². The molecule has 0 fully saturated rings. The van der Waals surface area contributed by atoms with Gasteiger partial charge >= 0.3 is 0 Å². The standard InChI is InChI=1S/C15H17NOS/c1-3-15(2)13-12(9-10-17-15)16-14(18-13)11-7-5-4-6-8-11/h4-8H,3,9-10H2,1-2H3. The molecule has 0 spiro atoms. The van der Waals surface area contributed by atoms with Crippen LogP contribution in [-0.2, 0) is 16.8 Å². The van der Waals surface area contributed by atoms with Crippen LogP contribution >= 0.6 is 11.3 Å². The molecule has 0 radical (unpaired) electrons. The summed E-state index contributed by atoms with van der Waals surface area (Å²) in [5, 5.41) is 1.12. The van der Waals surface area contributed by atoms with Crippen LogP contribution in [0.3, 0.4) is 0 Å². The molecule has 3 rings (SSSR count). The Labute approximate surface area is 112 Å². The van der Waals surface area contributed by atoms with Gasteiger partial charge in [-0.15, -0.1) is 11.3 Å². The molecule has 0 bridgehead atoms. The van der Waals surface area contributed by atoms with Crippen molar-refractivity contribution in [2.45, 2.75) is 32.3 Å². The summed E-state index contributed by atoms with van der Waals surface area (Å²) in [6.45, 7) is 5.14. The van der Waals surface area contributed by atoms with E-state index in [2.05, 4.69) is 38.1 Å². The number of ether oxygens (including phenoxy) is 1. The first-order chi connectivity index (χ1) is 8.73. The van der Waals surface area contributed by atoms with E-state index < -0.39 is 0 Å². The van der Waals surface area contributed by atoms with E-state index in [0.29, 0.717) is 0 Å². The molecule has 1 aliphatic rings. The number of aromatic nitrogens is 1. The summed E-state index contributed by atoms with van der Waals surface area (Å²) in [7, 11) is 0. The zero-order valence-corrected chi connectivity index (χ0v) is 11.6. The van der Waals surface area contributed by atoms with Crippen LogP contribution in [0.25, 0.3) is 10.6 Å². The SMILES string of the molecule is CCC1(C)OCCc2nc(-c3ccccc3)sc21. The molecule has 0 aliphatic carbocycles. The van der Waals surface area contributed by atoms with Crippen LogP contribution in [0, 0.1) is 0 Å². The third-order valence-electron chi connectivity index (χ3n) is 3.63. The number of rotatable bonds is 2. The van der Waals surface area contributed by atoms with Gasteiger partial charge in [0.2, 0.25) is 0 Å². The van der Waals surface area contributed by atoms with Crippen molar-refractivity contribution >= 4 is 11.3 Å². The van der Waals surface area contributed by atoms with Crippen LogP contribution in [0.4, 0.5) is 0 Å². The topological polar surface area (TPSA) is 22.1 Å². The number of hydrogen-bond donors (Lipinski definition) is 0. The molecule has 94 valence electrons. The summed E-state index contributed by atoms with van der Waals surface area (Å²) in [5.41, 5.74) is 2.29. The highest BCUT2D eigenvalue weighted by Gasteiger charge is 2.34. The summed E-state index contributed by atoms with van der Waals surface area (Å²) in [4.78, 5) is 6.12. The van der Waals surface area contributed by atoms with E-state index in [4.69, 9.17) is 9.72 Å². The Morgan fingerprint density at radius 3 is 2.83 bits per heavy atom.